The van der Waals surface area contributed by atoms with Gasteiger partial charge in [0.15, 0.2) is 5.78 Å². The van der Waals surface area contributed by atoms with Crippen LogP contribution in [-0.4, -0.2) is 10.9 Å². The van der Waals surface area contributed by atoms with Gasteiger partial charge in [-0.15, -0.1) is 0 Å². The molecule has 0 radical (unpaired) electrons. The summed E-state index contributed by atoms with van der Waals surface area (Å²) >= 11 is 0. The third-order valence-corrected chi connectivity index (χ3v) is 4.09. The Balaban J connectivity index is 2.13. The van der Waals surface area contributed by atoms with Crippen molar-refractivity contribution in [2.45, 2.75) is 6.92 Å². The maximum atomic E-state index is 12.2. The lowest BCUT2D eigenvalue weighted by atomic mass is 9.97. The number of rotatable bonds is 2. The Labute approximate surface area is 132 Å². The number of carbonyl (C=O) groups excluding carboxylic acids is 1. The summed E-state index contributed by atoms with van der Waals surface area (Å²) in [6.07, 6.45) is 0. The highest BCUT2D eigenvalue weighted by molar-refractivity contribution is 6.13. The summed E-state index contributed by atoms with van der Waals surface area (Å²) in [6.45, 7) is 1.55. The van der Waals surface area contributed by atoms with Gasteiger partial charge in [0, 0.05) is 16.3 Å². The molecule has 0 bridgehead atoms. The number of Topliss-reactive ketones (excluding diaryl/α,β-unsaturated/α-hetero) is 1. The topological polar surface area (TPSA) is 50.4 Å². The van der Waals surface area contributed by atoms with Crippen LogP contribution >= 0.6 is 0 Å². The number of phenolic OH excluding ortho intramolecular Hbond substituents is 1. The highest BCUT2D eigenvalue weighted by Gasteiger charge is 2.21. The summed E-state index contributed by atoms with van der Waals surface area (Å²) in [5.41, 5.74) is 2.07. The van der Waals surface area contributed by atoms with E-state index in [-0.39, 0.29) is 11.5 Å². The second-order valence-corrected chi connectivity index (χ2v) is 5.54. The van der Waals surface area contributed by atoms with Crippen molar-refractivity contribution in [2.75, 3.05) is 0 Å². The lowest BCUT2D eigenvalue weighted by molar-refractivity contribution is 0.101. The second kappa shape index (κ2) is 4.99. The summed E-state index contributed by atoms with van der Waals surface area (Å²) in [7, 11) is 0. The van der Waals surface area contributed by atoms with Crippen molar-refractivity contribution in [1.29, 1.82) is 0 Å². The summed E-state index contributed by atoms with van der Waals surface area (Å²) in [5, 5.41) is 12.5. The first-order chi connectivity index (χ1) is 11.2. The molecule has 3 nitrogen and oxygen atoms in total. The highest BCUT2D eigenvalue weighted by atomic mass is 16.3. The van der Waals surface area contributed by atoms with Gasteiger partial charge < -0.3 is 9.52 Å². The van der Waals surface area contributed by atoms with Gasteiger partial charge in [0.1, 0.15) is 17.1 Å². The Hall–Kier alpha value is -3.07. The first kappa shape index (κ1) is 13.6. The molecule has 0 saturated heterocycles. The Morgan fingerprint density at radius 1 is 0.870 bits per heavy atom. The number of furan rings is 1. The third kappa shape index (κ3) is 2.01. The Morgan fingerprint density at radius 2 is 1.52 bits per heavy atom. The average Bonchev–Trinajstić information content (AvgIpc) is 2.95. The largest absolute Gasteiger partial charge is 0.507 e. The van der Waals surface area contributed by atoms with Crippen molar-refractivity contribution in [3.63, 3.8) is 0 Å². The molecule has 0 atom stereocenters. The molecule has 0 fully saturated rings. The average molecular weight is 302 g/mol. The van der Waals surface area contributed by atoms with Gasteiger partial charge in [-0.1, -0.05) is 42.5 Å². The quantitative estimate of drug-likeness (QED) is 0.520. The number of benzene rings is 3. The summed E-state index contributed by atoms with van der Waals surface area (Å²) in [6, 6.07) is 18.5. The van der Waals surface area contributed by atoms with E-state index in [1.165, 1.54) is 0 Å². The standard InChI is InChI=1S/C20H14O3/c1-12(21)19-16-8-4-5-9-18(16)23-20(19)15-10-11-17(22)14-7-3-2-6-13(14)15/h2-11,22H,1H3. The molecule has 4 rings (SSSR count). The molecule has 1 aromatic heterocycles. The molecular formula is C20H14O3. The van der Waals surface area contributed by atoms with E-state index < -0.39 is 0 Å². The molecule has 3 aromatic carbocycles. The van der Waals surface area contributed by atoms with Crippen molar-refractivity contribution in [3.8, 4) is 17.1 Å². The molecule has 112 valence electrons. The van der Waals surface area contributed by atoms with Crippen LogP contribution in [0.15, 0.2) is 65.1 Å². The van der Waals surface area contributed by atoms with E-state index in [1.807, 2.05) is 48.5 Å². The zero-order chi connectivity index (χ0) is 16.0. The van der Waals surface area contributed by atoms with Crippen LogP contribution < -0.4 is 0 Å². The van der Waals surface area contributed by atoms with Crippen LogP contribution in [0.4, 0.5) is 0 Å². The van der Waals surface area contributed by atoms with Crippen LogP contribution in [0.5, 0.6) is 5.75 Å². The molecule has 0 amide bonds. The molecule has 4 aromatic rings. The third-order valence-electron chi connectivity index (χ3n) is 4.09. The molecule has 1 heterocycles. The fourth-order valence-corrected chi connectivity index (χ4v) is 3.07. The smallest absolute Gasteiger partial charge is 0.164 e. The number of carbonyl (C=O) groups is 1. The van der Waals surface area contributed by atoms with E-state index in [0.29, 0.717) is 16.9 Å². The molecular weight excluding hydrogens is 288 g/mol. The summed E-state index contributed by atoms with van der Waals surface area (Å²) in [5.74, 6) is 0.724. The van der Waals surface area contributed by atoms with E-state index in [0.717, 1.165) is 21.7 Å². The van der Waals surface area contributed by atoms with Gasteiger partial charge in [0.05, 0.1) is 5.56 Å². The number of fused-ring (bicyclic) bond motifs is 2. The normalized spacial score (nSPS) is 11.2. The van der Waals surface area contributed by atoms with Gasteiger partial charge in [-0.2, -0.15) is 0 Å². The molecule has 0 unspecified atom stereocenters. The highest BCUT2D eigenvalue weighted by Crippen LogP contribution is 2.39. The molecule has 3 heteroatoms. The van der Waals surface area contributed by atoms with Gasteiger partial charge >= 0.3 is 0 Å². The van der Waals surface area contributed by atoms with E-state index in [1.54, 1.807) is 19.1 Å². The number of hydrogen-bond acceptors (Lipinski definition) is 3. The predicted molar refractivity (Wildman–Crippen MR) is 90.8 cm³/mol. The minimum absolute atomic E-state index is 0.0397. The van der Waals surface area contributed by atoms with E-state index in [4.69, 9.17) is 4.42 Å². The molecule has 0 aliphatic carbocycles. The van der Waals surface area contributed by atoms with Crippen molar-refractivity contribution < 1.29 is 14.3 Å². The number of ketones is 1. The van der Waals surface area contributed by atoms with E-state index in [2.05, 4.69) is 0 Å². The van der Waals surface area contributed by atoms with Gasteiger partial charge in [-0.25, -0.2) is 0 Å². The van der Waals surface area contributed by atoms with Crippen LogP contribution in [-0.2, 0) is 0 Å². The van der Waals surface area contributed by atoms with Crippen LogP contribution in [0.2, 0.25) is 0 Å². The number of para-hydroxylation sites is 1. The minimum atomic E-state index is -0.0397. The van der Waals surface area contributed by atoms with Crippen LogP contribution in [0.1, 0.15) is 17.3 Å². The van der Waals surface area contributed by atoms with Crippen molar-refractivity contribution in [3.05, 3.63) is 66.2 Å². The Bertz CT molecular complexity index is 1060. The second-order valence-electron chi connectivity index (χ2n) is 5.54. The van der Waals surface area contributed by atoms with E-state index in [9.17, 15) is 9.90 Å². The molecule has 0 spiro atoms. The zero-order valence-corrected chi connectivity index (χ0v) is 12.5. The van der Waals surface area contributed by atoms with Gasteiger partial charge in [-0.3, -0.25) is 4.79 Å². The predicted octanol–water partition coefficient (Wildman–Crippen LogP) is 5.16. The fourth-order valence-electron chi connectivity index (χ4n) is 3.07. The molecule has 0 aliphatic heterocycles. The van der Waals surface area contributed by atoms with Crippen LogP contribution in [0.3, 0.4) is 0 Å². The summed E-state index contributed by atoms with van der Waals surface area (Å²) < 4.78 is 5.99. The maximum absolute atomic E-state index is 12.2. The summed E-state index contributed by atoms with van der Waals surface area (Å²) in [4.78, 5) is 12.2. The van der Waals surface area contributed by atoms with Gasteiger partial charge in [0.25, 0.3) is 0 Å². The van der Waals surface area contributed by atoms with Crippen molar-refractivity contribution >= 4 is 27.5 Å². The molecule has 1 N–H and O–H groups in total. The number of hydrogen-bond donors (Lipinski definition) is 1. The fraction of sp³-hybridized carbons (Fsp3) is 0.0500. The Morgan fingerprint density at radius 3 is 2.26 bits per heavy atom. The van der Waals surface area contributed by atoms with Gasteiger partial charge in [-0.05, 0) is 30.5 Å². The lowest BCUT2D eigenvalue weighted by Crippen LogP contribution is -1.93. The lowest BCUT2D eigenvalue weighted by Gasteiger charge is -2.07. The Kier molecular flexibility index (Phi) is 2.95. The first-order valence-electron chi connectivity index (χ1n) is 7.40. The molecule has 23 heavy (non-hydrogen) atoms. The number of phenols is 1. The first-order valence-corrected chi connectivity index (χ1v) is 7.40. The SMILES string of the molecule is CC(=O)c1c(-c2ccc(O)c3ccccc23)oc2ccccc12. The van der Waals surface area contributed by atoms with Crippen LogP contribution in [0, 0.1) is 0 Å². The maximum Gasteiger partial charge on any atom is 0.164 e. The van der Waals surface area contributed by atoms with Crippen LogP contribution in [0.25, 0.3) is 33.1 Å². The monoisotopic (exact) mass is 302 g/mol. The molecule has 0 aliphatic rings. The van der Waals surface area contributed by atoms with Crippen molar-refractivity contribution in [1.82, 2.24) is 0 Å². The minimum Gasteiger partial charge on any atom is -0.507 e. The molecule has 0 saturated carbocycles. The van der Waals surface area contributed by atoms with Gasteiger partial charge in [0.2, 0.25) is 0 Å². The zero-order valence-electron chi connectivity index (χ0n) is 12.5. The number of aromatic hydroxyl groups is 1. The van der Waals surface area contributed by atoms with Crippen molar-refractivity contribution in [2.24, 2.45) is 0 Å². The van der Waals surface area contributed by atoms with E-state index >= 15 is 0 Å².